The molecule has 0 bridgehead atoms. The lowest BCUT2D eigenvalue weighted by molar-refractivity contribution is -0.118. The molecule has 5 nitrogen and oxygen atoms in total. The van der Waals surface area contributed by atoms with Crippen molar-refractivity contribution in [2.75, 3.05) is 11.9 Å². The third-order valence-corrected chi connectivity index (χ3v) is 4.51. The van der Waals surface area contributed by atoms with Crippen molar-refractivity contribution in [2.24, 2.45) is 0 Å². The Kier molecular flexibility index (Phi) is 5.17. The first-order chi connectivity index (χ1) is 13.7. The van der Waals surface area contributed by atoms with Crippen molar-refractivity contribution < 1.29 is 9.53 Å². The summed E-state index contributed by atoms with van der Waals surface area (Å²) < 4.78 is 5.78. The lowest BCUT2D eigenvalue weighted by Gasteiger charge is -2.13. The predicted octanol–water partition coefficient (Wildman–Crippen LogP) is 4.97. The van der Waals surface area contributed by atoms with E-state index in [9.17, 15) is 4.79 Å². The van der Waals surface area contributed by atoms with Crippen LogP contribution in [-0.2, 0) is 4.79 Å². The number of benzene rings is 2. The Balaban J connectivity index is 1.57. The van der Waals surface area contributed by atoms with Crippen LogP contribution in [0, 0.1) is 0 Å². The Bertz CT molecular complexity index is 1140. The lowest BCUT2D eigenvalue weighted by atomic mass is 10.0. The highest BCUT2D eigenvalue weighted by Crippen LogP contribution is 2.33. The van der Waals surface area contributed by atoms with Crippen molar-refractivity contribution in [3.05, 3.63) is 84.3 Å². The molecule has 6 heteroatoms. The molecule has 0 atom stereocenters. The number of ether oxygens (including phenoxy) is 1. The zero-order valence-electron chi connectivity index (χ0n) is 14.8. The Morgan fingerprint density at radius 1 is 0.929 bits per heavy atom. The number of pyridine rings is 2. The van der Waals surface area contributed by atoms with E-state index in [1.807, 2.05) is 42.5 Å². The summed E-state index contributed by atoms with van der Waals surface area (Å²) in [6, 6.07) is 21.0. The van der Waals surface area contributed by atoms with Crippen molar-refractivity contribution in [2.45, 2.75) is 0 Å². The van der Waals surface area contributed by atoms with Gasteiger partial charge in [0.2, 0.25) is 0 Å². The molecule has 2 aromatic carbocycles. The Hall–Kier alpha value is -3.44. The number of rotatable bonds is 5. The maximum absolute atomic E-state index is 12.3. The molecule has 0 radical (unpaired) electrons. The summed E-state index contributed by atoms with van der Waals surface area (Å²) in [6.45, 7) is -0.172. The summed E-state index contributed by atoms with van der Waals surface area (Å²) in [4.78, 5) is 20.7. The van der Waals surface area contributed by atoms with Crippen LogP contribution in [0.4, 0.5) is 5.69 Å². The first kappa shape index (κ1) is 17.9. The minimum absolute atomic E-state index is 0.172. The zero-order chi connectivity index (χ0) is 19.3. The molecular formula is C22H16ClN3O2. The molecule has 0 aliphatic rings. The van der Waals surface area contributed by atoms with Crippen LogP contribution in [0.2, 0.25) is 5.15 Å². The van der Waals surface area contributed by atoms with Crippen LogP contribution < -0.4 is 10.1 Å². The summed E-state index contributed by atoms with van der Waals surface area (Å²) in [6.07, 6.45) is 3.26. The number of carbonyl (C=O) groups is 1. The van der Waals surface area contributed by atoms with Gasteiger partial charge in [0.05, 0.1) is 5.69 Å². The summed E-state index contributed by atoms with van der Waals surface area (Å²) in [5.74, 6) is 0.203. The number of carbonyl (C=O) groups excluding carboxylic acids is 1. The summed E-state index contributed by atoms with van der Waals surface area (Å²) in [5.41, 5.74) is 2.08. The van der Waals surface area contributed by atoms with Gasteiger partial charge in [-0.1, -0.05) is 54.1 Å². The molecule has 2 aromatic heterocycles. The van der Waals surface area contributed by atoms with Gasteiger partial charge in [0.25, 0.3) is 5.91 Å². The van der Waals surface area contributed by atoms with Gasteiger partial charge in [-0.15, -0.1) is 0 Å². The molecule has 0 aliphatic carbocycles. The molecule has 2 heterocycles. The summed E-state index contributed by atoms with van der Waals surface area (Å²) in [5, 5.41) is 5.10. The van der Waals surface area contributed by atoms with E-state index >= 15 is 0 Å². The fraction of sp³-hybridized carbons (Fsp3) is 0.0455. The molecule has 0 unspecified atom stereocenters. The Morgan fingerprint density at radius 3 is 2.61 bits per heavy atom. The van der Waals surface area contributed by atoms with E-state index in [0.717, 1.165) is 16.3 Å². The van der Waals surface area contributed by atoms with Gasteiger partial charge in [-0.2, -0.15) is 0 Å². The second kappa shape index (κ2) is 8.06. The number of nitrogens with zero attached hydrogens (tertiary/aromatic N) is 2. The number of hydrogen-bond acceptors (Lipinski definition) is 4. The van der Waals surface area contributed by atoms with Crippen molar-refractivity contribution >= 4 is 34.0 Å². The van der Waals surface area contributed by atoms with Gasteiger partial charge in [0, 0.05) is 18.0 Å². The molecule has 1 amide bonds. The van der Waals surface area contributed by atoms with Crippen LogP contribution in [0.15, 0.2) is 79.1 Å². The van der Waals surface area contributed by atoms with Gasteiger partial charge in [-0.3, -0.25) is 9.78 Å². The predicted molar refractivity (Wildman–Crippen MR) is 111 cm³/mol. The largest absolute Gasteiger partial charge is 0.481 e. The SMILES string of the molecule is O=C(COc1cccnc1-c1cccc2ccccc12)Nc1cccnc1Cl. The Labute approximate surface area is 167 Å². The highest BCUT2D eigenvalue weighted by atomic mass is 35.5. The number of aromatic nitrogens is 2. The highest BCUT2D eigenvalue weighted by Gasteiger charge is 2.13. The molecular weight excluding hydrogens is 374 g/mol. The number of nitrogens with one attached hydrogen (secondary N) is 1. The van der Waals surface area contributed by atoms with Gasteiger partial charge < -0.3 is 10.1 Å². The van der Waals surface area contributed by atoms with Crippen LogP contribution >= 0.6 is 11.6 Å². The normalized spacial score (nSPS) is 10.6. The van der Waals surface area contributed by atoms with Crippen LogP contribution in [0.5, 0.6) is 5.75 Å². The van der Waals surface area contributed by atoms with Crippen molar-refractivity contribution in [3.63, 3.8) is 0 Å². The topological polar surface area (TPSA) is 64.1 Å². The minimum atomic E-state index is -0.331. The van der Waals surface area contributed by atoms with Crippen LogP contribution in [0.3, 0.4) is 0 Å². The standard InChI is InChI=1S/C22H16ClN3O2/c23-22-18(10-4-13-25-22)26-20(27)14-28-19-11-5-12-24-21(19)17-9-3-7-15-6-1-2-8-16(15)17/h1-13H,14H2,(H,26,27). The molecule has 0 saturated carbocycles. The lowest BCUT2D eigenvalue weighted by Crippen LogP contribution is -2.20. The fourth-order valence-corrected chi connectivity index (χ4v) is 3.12. The number of hydrogen-bond donors (Lipinski definition) is 1. The second-order valence-electron chi connectivity index (χ2n) is 6.06. The summed E-state index contributed by atoms with van der Waals surface area (Å²) in [7, 11) is 0. The fourth-order valence-electron chi connectivity index (χ4n) is 2.95. The minimum Gasteiger partial charge on any atom is -0.481 e. The molecule has 0 aliphatic heterocycles. The molecule has 4 aromatic rings. The van der Waals surface area contributed by atoms with Crippen molar-refractivity contribution in [1.29, 1.82) is 0 Å². The second-order valence-corrected chi connectivity index (χ2v) is 6.41. The van der Waals surface area contributed by atoms with Crippen molar-refractivity contribution in [3.8, 4) is 17.0 Å². The third kappa shape index (κ3) is 3.80. The smallest absolute Gasteiger partial charge is 0.262 e. The van der Waals surface area contributed by atoms with Gasteiger partial charge >= 0.3 is 0 Å². The molecule has 138 valence electrons. The van der Waals surface area contributed by atoms with Crippen LogP contribution in [-0.4, -0.2) is 22.5 Å². The monoisotopic (exact) mass is 389 g/mol. The number of anilines is 1. The molecule has 0 fully saturated rings. The first-order valence-corrected chi connectivity index (χ1v) is 9.06. The van der Waals surface area contributed by atoms with E-state index in [-0.39, 0.29) is 17.7 Å². The molecule has 0 spiro atoms. The average Bonchev–Trinajstić information content (AvgIpc) is 2.74. The maximum Gasteiger partial charge on any atom is 0.262 e. The van der Waals surface area contributed by atoms with E-state index in [4.69, 9.17) is 16.3 Å². The quantitative estimate of drug-likeness (QED) is 0.489. The molecule has 28 heavy (non-hydrogen) atoms. The zero-order valence-corrected chi connectivity index (χ0v) is 15.6. The van der Waals surface area contributed by atoms with Crippen LogP contribution in [0.1, 0.15) is 0 Å². The van der Waals surface area contributed by atoms with Gasteiger partial charge in [0.15, 0.2) is 11.8 Å². The highest BCUT2D eigenvalue weighted by molar-refractivity contribution is 6.32. The van der Waals surface area contributed by atoms with Gasteiger partial charge in [-0.25, -0.2) is 4.98 Å². The van der Waals surface area contributed by atoms with E-state index in [1.54, 1.807) is 36.7 Å². The van der Waals surface area contributed by atoms with E-state index < -0.39 is 0 Å². The number of halogens is 1. The third-order valence-electron chi connectivity index (χ3n) is 4.21. The molecule has 0 saturated heterocycles. The van der Waals surface area contributed by atoms with E-state index in [1.165, 1.54) is 0 Å². The van der Waals surface area contributed by atoms with E-state index in [2.05, 4.69) is 15.3 Å². The number of amides is 1. The van der Waals surface area contributed by atoms with Crippen molar-refractivity contribution in [1.82, 2.24) is 9.97 Å². The molecule has 4 rings (SSSR count). The first-order valence-electron chi connectivity index (χ1n) is 8.69. The summed E-state index contributed by atoms with van der Waals surface area (Å²) >= 11 is 5.97. The molecule has 1 N–H and O–H groups in total. The van der Waals surface area contributed by atoms with Crippen LogP contribution in [0.25, 0.3) is 22.0 Å². The van der Waals surface area contributed by atoms with Gasteiger partial charge in [0.1, 0.15) is 11.4 Å². The number of fused-ring (bicyclic) bond motifs is 1. The maximum atomic E-state index is 12.3. The average molecular weight is 390 g/mol. The van der Waals surface area contributed by atoms with E-state index in [0.29, 0.717) is 17.1 Å². The van der Waals surface area contributed by atoms with Gasteiger partial charge in [-0.05, 0) is 35.0 Å². The Morgan fingerprint density at radius 2 is 1.71 bits per heavy atom.